The molecule has 0 unspecified atom stereocenters. The third-order valence-corrected chi connectivity index (χ3v) is 2.71. The SMILES string of the molecule is CNCCc1ccc(OC2CC2)c(OC)c1. The van der Waals surface area contributed by atoms with E-state index >= 15 is 0 Å². The van der Waals surface area contributed by atoms with Gasteiger partial charge in [-0.25, -0.2) is 0 Å². The van der Waals surface area contributed by atoms with Crippen LogP contribution in [0.15, 0.2) is 18.2 Å². The molecule has 16 heavy (non-hydrogen) atoms. The van der Waals surface area contributed by atoms with Gasteiger partial charge in [0.05, 0.1) is 13.2 Å². The number of benzene rings is 1. The molecular weight excluding hydrogens is 202 g/mol. The fourth-order valence-corrected chi connectivity index (χ4v) is 1.60. The van der Waals surface area contributed by atoms with E-state index in [-0.39, 0.29) is 0 Å². The van der Waals surface area contributed by atoms with Gasteiger partial charge in [-0.1, -0.05) is 6.07 Å². The molecule has 0 amide bonds. The molecule has 1 aromatic carbocycles. The summed E-state index contributed by atoms with van der Waals surface area (Å²) in [7, 11) is 3.65. The molecule has 3 nitrogen and oxygen atoms in total. The van der Waals surface area contributed by atoms with Crippen molar-refractivity contribution in [3.05, 3.63) is 23.8 Å². The normalized spacial score (nSPS) is 14.9. The number of likely N-dealkylation sites (N-methyl/N-ethyl adjacent to an activating group) is 1. The molecule has 0 atom stereocenters. The van der Waals surface area contributed by atoms with Crippen LogP contribution >= 0.6 is 0 Å². The Morgan fingerprint density at radius 2 is 2.12 bits per heavy atom. The Labute approximate surface area is 96.8 Å². The minimum Gasteiger partial charge on any atom is -0.493 e. The molecule has 0 aromatic heterocycles. The van der Waals surface area contributed by atoms with Gasteiger partial charge in [0.2, 0.25) is 0 Å². The van der Waals surface area contributed by atoms with Gasteiger partial charge in [-0.2, -0.15) is 0 Å². The lowest BCUT2D eigenvalue weighted by molar-refractivity contribution is 0.282. The van der Waals surface area contributed by atoms with Crippen LogP contribution in [0, 0.1) is 0 Å². The summed E-state index contributed by atoms with van der Waals surface area (Å²) < 4.78 is 11.1. The largest absolute Gasteiger partial charge is 0.493 e. The van der Waals surface area contributed by atoms with E-state index < -0.39 is 0 Å². The average molecular weight is 221 g/mol. The second-order valence-electron chi connectivity index (χ2n) is 4.16. The van der Waals surface area contributed by atoms with Crippen molar-refractivity contribution in [2.24, 2.45) is 0 Å². The molecule has 1 fully saturated rings. The highest BCUT2D eigenvalue weighted by molar-refractivity contribution is 5.43. The molecule has 0 aliphatic heterocycles. The quantitative estimate of drug-likeness (QED) is 0.797. The number of nitrogens with one attached hydrogen (secondary N) is 1. The monoisotopic (exact) mass is 221 g/mol. The lowest BCUT2D eigenvalue weighted by Crippen LogP contribution is -2.10. The molecule has 0 heterocycles. The minimum atomic E-state index is 0.414. The Morgan fingerprint density at radius 1 is 1.31 bits per heavy atom. The van der Waals surface area contributed by atoms with Crippen molar-refractivity contribution in [1.29, 1.82) is 0 Å². The number of hydrogen-bond donors (Lipinski definition) is 1. The van der Waals surface area contributed by atoms with Crippen LogP contribution in [0.2, 0.25) is 0 Å². The highest BCUT2D eigenvalue weighted by Crippen LogP contribution is 2.34. The minimum absolute atomic E-state index is 0.414. The highest BCUT2D eigenvalue weighted by atomic mass is 16.5. The van der Waals surface area contributed by atoms with Gasteiger partial charge in [0.25, 0.3) is 0 Å². The van der Waals surface area contributed by atoms with Crippen LogP contribution < -0.4 is 14.8 Å². The standard InChI is InChI=1S/C13H19NO2/c1-14-8-7-10-3-6-12(13(9-10)15-2)16-11-4-5-11/h3,6,9,11,14H,4-5,7-8H2,1-2H3. The number of hydrogen-bond acceptors (Lipinski definition) is 3. The maximum absolute atomic E-state index is 5.77. The number of rotatable bonds is 6. The summed E-state index contributed by atoms with van der Waals surface area (Å²) in [5.74, 6) is 1.72. The summed E-state index contributed by atoms with van der Waals surface area (Å²) in [6.07, 6.45) is 3.77. The molecule has 0 spiro atoms. The summed E-state index contributed by atoms with van der Waals surface area (Å²) in [6, 6.07) is 6.19. The van der Waals surface area contributed by atoms with E-state index in [0.717, 1.165) is 24.5 Å². The van der Waals surface area contributed by atoms with Crippen molar-refractivity contribution < 1.29 is 9.47 Å². The van der Waals surface area contributed by atoms with Crippen LogP contribution in [0.3, 0.4) is 0 Å². The summed E-state index contributed by atoms with van der Waals surface area (Å²) in [5, 5.41) is 3.14. The first kappa shape index (κ1) is 11.3. The van der Waals surface area contributed by atoms with Gasteiger partial charge < -0.3 is 14.8 Å². The van der Waals surface area contributed by atoms with Gasteiger partial charge in [0, 0.05) is 0 Å². The van der Waals surface area contributed by atoms with Crippen LogP contribution in [0.25, 0.3) is 0 Å². The molecular formula is C13H19NO2. The van der Waals surface area contributed by atoms with E-state index in [1.165, 1.54) is 18.4 Å². The average Bonchev–Trinajstić information content (AvgIpc) is 3.11. The third kappa shape index (κ3) is 2.89. The van der Waals surface area contributed by atoms with Crippen LogP contribution in [0.1, 0.15) is 18.4 Å². The second kappa shape index (κ2) is 5.21. The Hall–Kier alpha value is -1.22. The smallest absolute Gasteiger partial charge is 0.161 e. The van der Waals surface area contributed by atoms with Gasteiger partial charge in [-0.3, -0.25) is 0 Å². The molecule has 0 bridgehead atoms. The zero-order chi connectivity index (χ0) is 11.4. The van der Waals surface area contributed by atoms with E-state index in [4.69, 9.17) is 9.47 Å². The first-order valence-corrected chi connectivity index (χ1v) is 5.81. The van der Waals surface area contributed by atoms with Gasteiger partial charge in [0.15, 0.2) is 11.5 Å². The van der Waals surface area contributed by atoms with E-state index in [1.807, 2.05) is 13.1 Å². The number of ether oxygens (including phenoxy) is 2. The molecule has 88 valence electrons. The Bertz CT molecular complexity index is 348. The van der Waals surface area contributed by atoms with Crippen molar-refractivity contribution in [2.45, 2.75) is 25.4 Å². The van der Waals surface area contributed by atoms with Gasteiger partial charge in [-0.05, 0) is 50.6 Å². The third-order valence-electron chi connectivity index (χ3n) is 2.71. The molecule has 0 radical (unpaired) electrons. The van der Waals surface area contributed by atoms with Gasteiger partial charge in [0.1, 0.15) is 0 Å². The van der Waals surface area contributed by atoms with Crippen molar-refractivity contribution in [3.8, 4) is 11.5 Å². The van der Waals surface area contributed by atoms with E-state index in [1.54, 1.807) is 7.11 Å². The maximum atomic E-state index is 5.77. The predicted molar refractivity (Wildman–Crippen MR) is 64.3 cm³/mol. The molecule has 2 rings (SSSR count). The van der Waals surface area contributed by atoms with Crippen LogP contribution in [0.4, 0.5) is 0 Å². The lowest BCUT2D eigenvalue weighted by Gasteiger charge is -2.11. The summed E-state index contributed by atoms with van der Waals surface area (Å²) >= 11 is 0. The molecule has 0 saturated heterocycles. The molecule has 1 N–H and O–H groups in total. The summed E-state index contributed by atoms with van der Waals surface area (Å²) in [4.78, 5) is 0. The fraction of sp³-hybridized carbons (Fsp3) is 0.538. The zero-order valence-electron chi connectivity index (χ0n) is 9.95. The van der Waals surface area contributed by atoms with Gasteiger partial charge >= 0.3 is 0 Å². The molecule has 1 aliphatic rings. The number of methoxy groups -OCH3 is 1. The lowest BCUT2D eigenvalue weighted by atomic mass is 10.1. The summed E-state index contributed by atoms with van der Waals surface area (Å²) in [6.45, 7) is 0.978. The molecule has 1 aliphatic carbocycles. The second-order valence-corrected chi connectivity index (χ2v) is 4.16. The fourth-order valence-electron chi connectivity index (χ4n) is 1.60. The van der Waals surface area contributed by atoms with Crippen molar-refractivity contribution in [1.82, 2.24) is 5.32 Å². The van der Waals surface area contributed by atoms with E-state index in [9.17, 15) is 0 Å². The zero-order valence-corrected chi connectivity index (χ0v) is 9.95. The first-order chi connectivity index (χ1) is 7.83. The van der Waals surface area contributed by atoms with E-state index in [2.05, 4.69) is 17.4 Å². The van der Waals surface area contributed by atoms with E-state index in [0.29, 0.717) is 6.10 Å². The Kier molecular flexibility index (Phi) is 3.67. The first-order valence-electron chi connectivity index (χ1n) is 5.81. The highest BCUT2D eigenvalue weighted by Gasteiger charge is 2.24. The molecule has 3 heteroatoms. The van der Waals surface area contributed by atoms with Crippen LogP contribution in [-0.4, -0.2) is 26.8 Å². The summed E-state index contributed by atoms with van der Waals surface area (Å²) in [5.41, 5.74) is 1.27. The van der Waals surface area contributed by atoms with Gasteiger partial charge in [-0.15, -0.1) is 0 Å². The Balaban J connectivity index is 2.06. The predicted octanol–water partition coefficient (Wildman–Crippen LogP) is 2.00. The maximum Gasteiger partial charge on any atom is 0.161 e. The van der Waals surface area contributed by atoms with Crippen molar-refractivity contribution >= 4 is 0 Å². The topological polar surface area (TPSA) is 30.5 Å². The molecule has 1 saturated carbocycles. The van der Waals surface area contributed by atoms with Crippen LogP contribution in [-0.2, 0) is 6.42 Å². The van der Waals surface area contributed by atoms with Crippen LogP contribution in [0.5, 0.6) is 11.5 Å². The molecule has 1 aromatic rings. The Morgan fingerprint density at radius 3 is 2.75 bits per heavy atom. The van der Waals surface area contributed by atoms with Crippen molar-refractivity contribution in [3.63, 3.8) is 0 Å². The van der Waals surface area contributed by atoms with Crippen molar-refractivity contribution in [2.75, 3.05) is 20.7 Å².